The monoisotopic (exact) mass is 497 g/mol. The molecule has 1 aliphatic heterocycles. The van der Waals surface area contributed by atoms with Gasteiger partial charge in [0.15, 0.2) is 5.84 Å². The Morgan fingerprint density at radius 3 is 2.71 bits per heavy atom. The van der Waals surface area contributed by atoms with Crippen molar-refractivity contribution in [3.63, 3.8) is 0 Å². The number of nitrogens with two attached hydrogens (primary N) is 1. The molecule has 0 radical (unpaired) electrons. The molecule has 0 saturated carbocycles. The third-order valence-corrected chi connectivity index (χ3v) is 5.15. The second-order valence-electron chi connectivity index (χ2n) is 7.64. The van der Waals surface area contributed by atoms with Crippen molar-refractivity contribution in [1.29, 1.82) is 0 Å². The number of carbonyl (C=O) groups is 1. The Morgan fingerprint density at radius 2 is 2.09 bits per heavy atom. The van der Waals surface area contributed by atoms with Crippen molar-refractivity contribution in [3.8, 4) is 0 Å². The van der Waals surface area contributed by atoms with Gasteiger partial charge in [-0.1, -0.05) is 0 Å². The molecule has 0 aliphatic carbocycles. The predicted octanol–water partition coefficient (Wildman–Crippen LogP) is 0.518. The summed E-state index contributed by atoms with van der Waals surface area (Å²) >= 11 is 0. The van der Waals surface area contributed by atoms with E-state index in [1.165, 1.54) is 6.20 Å². The Balaban J connectivity index is 2.20. The lowest BCUT2D eigenvalue weighted by Gasteiger charge is -2.35. The Hall–Kier alpha value is -3.10. The van der Waals surface area contributed by atoms with Gasteiger partial charge in [-0.2, -0.15) is 4.99 Å². The molecule has 0 unspecified atom stereocenters. The number of nitrogen functional groups attached to an aromatic ring is 1. The molecule has 0 amide bonds. The summed E-state index contributed by atoms with van der Waals surface area (Å²) in [5, 5.41) is 11.8. The van der Waals surface area contributed by atoms with Gasteiger partial charge in [0.25, 0.3) is 6.43 Å². The van der Waals surface area contributed by atoms with Crippen molar-refractivity contribution in [2.45, 2.75) is 19.3 Å². The number of anilines is 1. The summed E-state index contributed by atoms with van der Waals surface area (Å²) in [6.07, 6.45) is -1.04. The molecule has 1 aromatic heterocycles. The van der Waals surface area contributed by atoms with E-state index in [0.29, 0.717) is 52.3 Å². The highest BCUT2D eigenvalue weighted by molar-refractivity contribution is 6.07. The Labute approximate surface area is 203 Å². The number of halogens is 2. The smallest absolute Gasteiger partial charge is 0.303 e. The molecule has 1 fully saturated rings. The number of aliphatic carboxylic acids is 1. The van der Waals surface area contributed by atoms with Gasteiger partial charge in [-0.05, 0) is 26.7 Å². The van der Waals surface area contributed by atoms with E-state index in [2.05, 4.69) is 41.9 Å². The van der Waals surface area contributed by atoms with Crippen LogP contribution >= 0.6 is 0 Å². The van der Waals surface area contributed by atoms with E-state index in [0.717, 1.165) is 0 Å². The largest absolute Gasteiger partial charge is 0.481 e. The molecule has 1 aliphatic rings. The molecular formula is C21H33F2N9O3. The number of nitrogens with one attached hydrogen (secondary N) is 1. The fraction of sp³-hybridized carbons (Fsp3) is 0.619. The van der Waals surface area contributed by atoms with Gasteiger partial charge in [0.1, 0.15) is 5.69 Å². The number of piperazine rings is 1. The summed E-state index contributed by atoms with van der Waals surface area (Å²) in [4.78, 5) is 35.1. The van der Waals surface area contributed by atoms with Gasteiger partial charge in [0.2, 0.25) is 11.9 Å². The lowest BCUT2D eigenvalue weighted by molar-refractivity contribution is -0.137. The van der Waals surface area contributed by atoms with Crippen LogP contribution in [0.3, 0.4) is 0 Å². The molecule has 14 heteroatoms. The number of rotatable bonds is 12. The number of carboxylic acid groups (broad SMARTS) is 1. The SMILES string of the molecule is C=NC(=NC(=NCCOCCNC)c1cnc(N)nc1C(F)F)N1CCN(CCCC(=O)O)CC1. The van der Waals surface area contributed by atoms with Crippen molar-refractivity contribution in [2.75, 3.05) is 71.8 Å². The number of amidine groups is 1. The van der Waals surface area contributed by atoms with Gasteiger partial charge < -0.3 is 25.8 Å². The quantitative estimate of drug-likeness (QED) is 0.213. The average Bonchev–Trinajstić information content (AvgIpc) is 2.83. The summed E-state index contributed by atoms with van der Waals surface area (Å²) in [5.74, 6) is -0.863. The number of alkyl halides is 2. The molecule has 1 saturated heterocycles. The first kappa shape index (κ1) is 28.1. The lowest BCUT2D eigenvalue weighted by Crippen LogP contribution is -2.48. The summed E-state index contributed by atoms with van der Waals surface area (Å²) in [6.45, 7) is 8.33. The van der Waals surface area contributed by atoms with E-state index >= 15 is 0 Å². The number of ether oxygens (including phenoxy) is 1. The van der Waals surface area contributed by atoms with E-state index < -0.39 is 18.1 Å². The van der Waals surface area contributed by atoms with Crippen LogP contribution in [0.1, 0.15) is 30.5 Å². The minimum atomic E-state index is -2.91. The van der Waals surface area contributed by atoms with Crippen LogP contribution in [0.15, 0.2) is 21.2 Å². The van der Waals surface area contributed by atoms with Crippen LogP contribution in [-0.2, 0) is 9.53 Å². The van der Waals surface area contributed by atoms with Crippen molar-refractivity contribution in [3.05, 3.63) is 17.5 Å². The number of hydrogen-bond acceptors (Lipinski definition) is 8. The van der Waals surface area contributed by atoms with E-state index in [9.17, 15) is 13.6 Å². The Kier molecular flexibility index (Phi) is 12.1. The topological polar surface area (TPSA) is 154 Å². The molecule has 0 bridgehead atoms. The summed E-state index contributed by atoms with van der Waals surface area (Å²) in [6, 6.07) is 0. The lowest BCUT2D eigenvalue weighted by atomic mass is 10.2. The van der Waals surface area contributed by atoms with Gasteiger partial charge in [0, 0.05) is 45.3 Å². The predicted molar refractivity (Wildman–Crippen MR) is 129 cm³/mol. The first-order valence-corrected chi connectivity index (χ1v) is 11.3. The zero-order valence-corrected chi connectivity index (χ0v) is 19.9. The standard InChI is InChI=1S/C21H33F2N9O3/c1-25-5-12-35-13-6-27-19(15-14-28-20(24)29-17(15)18(22)23)30-21(26-2)32-10-8-31(9-11-32)7-3-4-16(33)34/h14,18,25H,2-13H2,1H3,(H,33,34)(H2,24,28,29). The second-order valence-corrected chi connectivity index (χ2v) is 7.64. The highest BCUT2D eigenvalue weighted by Gasteiger charge is 2.23. The third kappa shape index (κ3) is 9.58. The molecule has 2 heterocycles. The van der Waals surface area contributed by atoms with Crippen LogP contribution in [0, 0.1) is 0 Å². The third-order valence-electron chi connectivity index (χ3n) is 5.15. The van der Waals surface area contributed by atoms with Crippen LogP contribution in [0.5, 0.6) is 0 Å². The first-order valence-electron chi connectivity index (χ1n) is 11.3. The fourth-order valence-corrected chi connectivity index (χ4v) is 3.35. The normalized spacial score (nSPS) is 15.6. The minimum Gasteiger partial charge on any atom is -0.481 e. The number of aromatic nitrogens is 2. The number of hydrogen-bond donors (Lipinski definition) is 3. The molecule has 1 aromatic rings. The Bertz CT molecular complexity index is 891. The maximum absolute atomic E-state index is 13.7. The molecular weight excluding hydrogens is 464 g/mol. The minimum absolute atomic E-state index is 0.0104. The van der Waals surface area contributed by atoms with Gasteiger partial charge >= 0.3 is 5.97 Å². The van der Waals surface area contributed by atoms with Gasteiger partial charge in [-0.25, -0.2) is 23.7 Å². The van der Waals surface area contributed by atoms with Crippen LogP contribution in [0.4, 0.5) is 14.7 Å². The molecule has 35 heavy (non-hydrogen) atoms. The first-order chi connectivity index (χ1) is 16.8. The van der Waals surface area contributed by atoms with Crippen molar-refractivity contribution in [1.82, 2.24) is 25.1 Å². The van der Waals surface area contributed by atoms with Crippen molar-refractivity contribution in [2.24, 2.45) is 15.0 Å². The van der Waals surface area contributed by atoms with Crippen LogP contribution in [-0.4, -0.2) is 115 Å². The number of nitrogens with zero attached hydrogens (tertiary/aromatic N) is 7. The van der Waals surface area contributed by atoms with Gasteiger partial charge in [-0.3, -0.25) is 14.7 Å². The van der Waals surface area contributed by atoms with Crippen molar-refractivity contribution >= 4 is 30.4 Å². The second kappa shape index (κ2) is 15.0. The number of aliphatic imine (C=N–C) groups is 3. The molecule has 12 nitrogen and oxygen atoms in total. The molecule has 0 aromatic carbocycles. The van der Waals surface area contributed by atoms with Crippen LogP contribution in [0.25, 0.3) is 0 Å². The fourth-order valence-electron chi connectivity index (χ4n) is 3.35. The number of carboxylic acids is 1. The zero-order valence-electron chi connectivity index (χ0n) is 19.9. The van der Waals surface area contributed by atoms with E-state index in [1.807, 2.05) is 4.90 Å². The maximum Gasteiger partial charge on any atom is 0.303 e. The highest BCUT2D eigenvalue weighted by Crippen LogP contribution is 2.22. The van der Waals surface area contributed by atoms with E-state index in [1.54, 1.807) is 7.05 Å². The number of guanidine groups is 1. The Morgan fingerprint density at radius 1 is 1.34 bits per heavy atom. The van der Waals surface area contributed by atoms with Crippen LogP contribution in [0.2, 0.25) is 0 Å². The molecule has 2 rings (SSSR count). The van der Waals surface area contributed by atoms with Crippen LogP contribution < -0.4 is 11.1 Å². The van der Waals surface area contributed by atoms with E-state index in [-0.39, 0.29) is 42.9 Å². The van der Waals surface area contributed by atoms with Gasteiger partial charge in [-0.15, -0.1) is 0 Å². The highest BCUT2D eigenvalue weighted by atomic mass is 19.3. The molecule has 0 spiro atoms. The summed E-state index contributed by atoms with van der Waals surface area (Å²) < 4.78 is 32.8. The van der Waals surface area contributed by atoms with E-state index in [4.69, 9.17) is 15.6 Å². The summed E-state index contributed by atoms with van der Waals surface area (Å²) in [7, 11) is 1.81. The molecule has 0 atom stereocenters. The van der Waals surface area contributed by atoms with Crippen molar-refractivity contribution < 1.29 is 23.4 Å². The average molecular weight is 498 g/mol. The maximum atomic E-state index is 13.7. The number of likely N-dealkylation sites (N-methyl/N-ethyl adjacent to an activating group) is 1. The zero-order chi connectivity index (χ0) is 25.6. The molecule has 194 valence electrons. The van der Waals surface area contributed by atoms with Gasteiger partial charge in [0.05, 0.1) is 25.3 Å². The molecule has 4 N–H and O–H groups in total. The summed E-state index contributed by atoms with van der Waals surface area (Å²) in [5.41, 5.74) is 4.90.